The van der Waals surface area contributed by atoms with Gasteiger partial charge in [0.25, 0.3) is 0 Å². The van der Waals surface area contributed by atoms with Crippen molar-refractivity contribution in [3.8, 4) is 0 Å². The Labute approximate surface area is 80.7 Å². The van der Waals surface area contributed by atoms with Crippen LogP contribution in [0.25, 0.3) is 0 Å². The van der Waals surface area contributed by atoms with Crippen LogP contribution in [0.5, 0.6) is 0 Å². The van der Waals surface area contributed by atoms with Gasteiger partial charge in [-0.05, 0) is 31.2 Å². The predicted octanol–water partition coefficient (Wildman–Crippen LogP) is 1.26. The van der Waals surface area contributed by atoms with E-state index in [4.69, 9.17) is 5.11 Å². The van der Waals surface area contributed by atoms with Crippen molar-refractivity contribution in [2.24, 2.45) is 0 Å². The second kappa shape index (κ2) is 4.92. The second-order valence-corrected chi connectivity index (χ2v) is 3.76. The number of carboxylic acids is 1. The molecule has 0 amide bonds. The Kier molecular flexibility index (Phi) is 4.99. The molecule has 11 heavy (non-hydrogen) atoms. The predicted molar refractivity (Wildman–Crippen MR) is 53.2 cm³/mol. The Morgan fingerprint density at radius 1 is 1.73 bits per heavy atom. The molecule has 0 aromatic carbocycles. The molecular weight excluding hydrogens is 257 g/mol. The molecule has 0 radical (unpaired) electrons. The molecule has 66 valence electrons. The van der Waals surface area contributed by atoms with E-state index in [0.29, 0.717) is 6.42 Å². The van der Waals surface area contributed by atoms with E-state index in [1.165, 1.54) is 0 Å². The minimum Gasteiger partial charge on any atom is -0.480 e. The lowest BCUT2D eigenvalue weighted by Gasteiger charge is -2.23. The molecule has 0 spiro atoms. The van der Waals surface area contributed by atoms with Crippen LogP contribution in [0.1, 0.15) is 19.8 Å². The van der Waals surface area contributed by atoms with Gasteiger partial charge in [-0.1, -0.05) is 22.6 Å². The van der Waals surface area contributed by atoms with Crippen LogP contribution in [0.15, 0.2) is 0 Å². The van der Waals surface area contributed by atoms with Crippen molar-refractivity contribution in [1.29, 1.82) is 0 Å². The second-order valence-electron chi connectivity index (χ2n) is 2.68. The minimum absolute atomic E-state index is 0.682. The van der Waals surface area contributed by atoms with Crippen LogP contribution in [0, 0.1) is 0 Å². The van der Waals surface area contributed by atoms with Crippen LogP contribution < -0.4 is 5.32 Å². The highest BCUT2D eigenvalue weighted by Gasteiger charge is 2.29. The van der Waals surface area contributed by atoms with Crippen LogP contribution in [0.2, 0.25) is 0 Å². The van der Waals surface area contributed by atoms with Crippen LogP contribution >= 0.6 is 22.6 Å². The highest BCUT2D eigenvalue weighted by Crippen LogP contribution is 2.12. The van der Waals surface area contributed by atoms with Crippen molar-refractivity contribution < 1.29 is 9.90 Å². The average Bonchev–Trinajstić information content (AvgIpc) is 2.00. The number of alkyl halides is 1. The summed E-state index contributed by atoms with van der Waals surface area (Å²) in [7, 11) is 1.68. The topological polar surface area (TPSA) is 49.3 Å². The van der Waals surface area contributed by atoms with Crippen molar-refractivity contribution >= 4 is 28.6 Å². The van der Waals surface area contributed by atoms with E-state index in [0.717, 1.165) is 10.8 Å². The van der Waals surface area contributed by atoms with Gasteiger partial charge in [-0.2, -0.15) is 0 Å². The molecule has 0 heterocycles. The summed E-state index contributed by atoms with van der Waals surface area (Å²) >= 11 is 2.25. The summed E-state index contributed by atoms with van der Waals surface area (Å²) in [6, 6.07) is 0. The third kappa shape index (κ3) is 3.37. The fraction of sp³-hybridized carbons (Fsp3) is 0.857. The number of halogens is 1. The zero-order valence-electron chi connectivity index (χ0n) is 6.85. The Hall–Kier alpha value is 0.160. The maximum Gasteiger partial charge on any atom is 0.323 e. The smallest absolute Gasteiger partial charge is 0.323 e. The quantitative estimate of drug-likeness (QED) is 0.584. The van der Waals surface area contributed by atoms with Gasteiger partial charge in [-0.15, -0.1) is 0 Å². The number of likely N-dealkylation sites (N-methyl/N-ethyl adjacent to an activating group) is 1. The van der Waals surface area contributed by atoms with Crippen molar-refractivity contribution in [3.63, 3.8) is 0 Å². The number of hydrogen-bond acceptors (Lipinski definition) is 2. The number of aliphatic carboxylic acids is 1. The molecular formula is C7H14INO2. The summed E-state index contributed by atoms with van der Waals surface area (Å²) in [5.74, 6) is -0.773. The van der Waals surface area contributed by atoms with Gasteiger partial charge < -0.3 is 10.4 Å². The lowest BCUT2D eigenvalue weighted by atomic mass is 9.97. The number of nitrogens with one attached hydrogen (secondary N) is 1. The first-order chi connectivity index (χ1) is 5.06. The van der Waals surface area contributed by atoms with Crippen molar-refractivity contribution in [2.45, 2.75) is 25.3 Å². The fourth-order valence-electron chi connectivity index (χ4n) is 0.759. The average molecular weight is 271 g/mol. The lowest BCUT2D eigenvalue weighted by Crippen LogP contribution is -2.47. The minimum atomic E-state index is -0.773. The standard InChI is InChI=1S/C7H14INO2/c1-7(9-2,6(10)11)4-3-5-8/h9H,3-5H2,1-2H3,(H,10,11). The van der Waals surface area contributed by atoms with Gasteiger partial charge in [0.2, 0.25) is 0 Å². The summed E-state index contributed by atoms with van der Waals surface area (Å²) in [6.07, 6.45) is 1.62. The normalized spacial score (nSPS) is 15.9. The molecule has 0 fully saturated rings. The zero-order valence-corrected chi connectivity index (χ0v) is 9.01. The van der Waals surface area contributed by atoms with Crippen molar-refractivity contribution in [3.05, 3.63) is 0 Å². The highest BCUT2D eigenvalue weighted by atomic mass is 127. The molecule has 0 aromatic rings. The van der Waals surface area contributed by atoms with Crippen LogP contribution in [-0.4, -0.2) is 28.1 Å². The molecule has 0 saturated heterocycles. The van der Waals surface area contributed by atoms with Crippen molar-refractivity contribution in [2.75, 3.05) is 11.5 Å². The Balaban J connectivity index is 3.99. The molecule has 0 aliphatic rings. The lowest BCUT2D eigenvalue weighted by molar-refractivity contribution is -0.144. The third-order valence-electron chi connectivity index (χ3n) is 1.83. The first-order valence-electron chi connectivity index (χ1n) is 3.55. The van der Waals surface area contributed by atoms with E-state index in [1.807, 2.05) is 0 Å². The van der Waals surface area contributed by atoms with E-state index in [9.17, 15) is 4.79 Å². The molecule has 0 bridgehead atoms. The SMILES string of the molecule is CNC(C)(CCCI)C(=O)O. The van der Waals surface area contributed by atoms with Gasteiger partial charge in [0.15, 0.2) is 0 Å². The first kappa shape index (κ1) is 11.2. The monoisotopic (exact) mass is 271 g/mol. The molecule has 0 saturated carbocycles. The molecule has 4 heteroatoms. The fourth-order valence-corrected chi connectivity index (χ4v) is 1.14. The maximum absolute atomic E-state index is 10.7. The largest absolute Gasteiger partial charge is 0.480 e. The van der Waals surface area contributed by atoms with Crippen LogP contribution in [0.3, 0.4) is 0 Å². The van der Waals surface area contributed by atoms with Gasteiger partial charge in [-0.25, -0.2) is 0 Å². The number of hydrogen-bond donors (Lipinski definition) is 2. The molecule has 0 rings (SSSR count). The Morgan fingerprint density at radius 2 is 2.27 bits per heavy atom. The van der Waals surface area contributed by atoms with Gasteiger partial charge in [0, 0.05) is 0 Å². The van der Waals surface area contributed by atoms with Gasteiger partial charge in [0.1, 0.15) is 5.54 Å². The van der Waals surface area contributed by atoms with E-state index < -0.39 is 11.5 Å². The Morgan fingerprint density at radius 3 is 2.55 bits per heavy atom. The molecule has 0 aromatic heterocycles. The molecule has 0 aliphatic carbocycles. The van der Waals surface area contributed by atoms with Crippen molar-refractivity contribution in [1.82, 2.24) is 5.32 Å². The number of rotatable bonds is 5. The molecule has 0 aliphatic heterocycles. The molecule has 3 nitrogen and oxygen atoms in total. The highest BCUT2D eigenvalue weighted by molar-refractivity contribution is 14.1. The van der Waals surface area contributed by atoms with E-state index in [-0.39, 0.29) is 0 Å². The van der Waals surface area contributed by atoms with Crippen LogP contribution in [-0.2, 0) is 4.79 Å². The zero-order chi connectivity index (χ0) is 8.91. The maximum atomic E-state index is 10.7. The summed E-state index contributed by atoms with van der Waals surface area (Å²) in [6.45, 7) is 1.71. The third-order valence-corrected chi connectivity index (χ3v) is 2.60. The van der Waals surface area contributed by atoms with Gasteiger partial charge in [-0.3, -0.25) is 4.79 Å². The van der Waals surface area contributed by atoms with E-state index in [2.05, 4.69) is 27.9 Å². The number of carboxylic acid groups (broad SMARTS) is 1. The molecule has 1 unspecified atom stereocenters. The molecule has 1 atom stereocenters. The molecule has 2 N–H and O–H groups in total. The summed E-state index contributed by atoms with van der Waals surface area (Å²) in [5, 5.41) is 11.6. The van der Waals surface area contributed by atoms with Crippen LogP contribution in [0.4, 0.5) is 0 Å². The van der Waals surface area contributed by atoms with E-state index >= 15 is 0 Å². The van der Waals surface area contributed by atoms with Gasteiger partial charge in [0.05, 0.1) is 0 Å². The summed E-state index contributed by atoms with van der Waals surface area (Å²) in [5.41, 5.74) is -0.745. The van der Waals surface area contributed by atoms with Gasteiger partial charge >= 0.3 is 5.97 Å². The first-order valence-corrected chi connectivity index (χ1v) is 5.07. The summed E-state index contributed by atoms with van der Waals surface area (Å²) < 4.78 is 1.00. The summed E-state index contributed by atoms with van der Waals surface area (Å²) in [4.78, 5) is 10.7. The Bertz CT molecular complexity index is 140. The number of carbonyl (C=O) groups is 1. The van der Waals surface area contributed by atoms with E-state index in [1.54, 1.807) is 14.0 Å².